The van der Waals surface area contributed by atoms with Gasteiger partial charge < -0.3 is 24.5 Å². The second-order valence-corrected chi connectivity index (χ2v) is 6.97. The van der Waals surface area contributed by atoms with Crippen LogP contribution in [0.4, 0.5) is 0 Å². The highest BCUT2D eigenvalue weighted by molar-refractivity contribution is 14.0. The third kappa shape index (κ3) is 9.08. The van der Waals surface area contributed by atoms with E-state index in [-0.39, 0.29) is 24.0 Å². The predicted molar refractivity (Wildman–Crippen MR) is 126 cm³/mol. The Bertz CT molecular complexity index is 718. The zero-order chi connectivity index (χ0) is 19.4. The molecule has 1 heterocycles. The first-order chi connectivity index (χ1) is 13.8. The SMILES string of the molecule is CCNC(=NCc1ccccc1OCC1CC1)NCCCOCc1ccco1.I. The van der Waals surface area contributed by atoms with Gasteiger partial charge in [-0.1, -0.05) is 18.2 Å². The highest BCUT2D eigenvalue weighted by atomic mass is 127. The van der Waals surface area contributed by atoms with E-state index in [0.717, 1.165) is 55.1 Å². The van der Waals surface area contributed by atoms with E-state index in [9.17, 15) is 0 Å². The second kappa shape index (κ2) is 13.5. The number of hydrogen-bond donors (Lipinski definition) is 2. The van der Waals surface area contributed by atoms with Crippen LogP contribution in [0.1, 0.15) is 37.5 Å². The van der Waals surface area contributed by atoms with Crippen molar-refractivity contribution in [1.29, 1.82) is 0 Å². The van der Waals surface area contributed by atoms with Gasteiger partial charge in [0, 0.05) is 25.3 Å². The van der Waals surface area contributed by atoms with Crippen LogP contribution >= 0.6 is 24.0 Å². The van der Waals surface area contributed by atoms with Crippen molar-refractivity contribution in [2.24, 2.45) is 10.9 Å². The fraction of sp³-hybridized carbons (Fsp3) is 0.500. The average Bonchev–Trinajstić information content (AvgIpc) is 3.40. The van der Waals surface area contributed by atoms with Crippen LogP contribution in [0.3, 0.4) is 0 Å². The molecule has 0 saturated heterocycles. The summed E-state index contributed by atoms with van der Waals surface area (Å²) >= 11 is 0. The minimum Gasteiger partial charge on any atom is -0.493 e. The number of para-hydroxylation sites is 1. The van der Waals surface area contributed by atoms with Gasteiger partial charge in [0.1, 0.15) is 18.1 Å². The summed E-state index contributed by atoms with van der Waals surface area (Å²) in [6.45, 7) is 6.27. The third-order valence-corrected chi connectivity index (χ3v) is 4.48. The molecule has 0 spiro atoms. The van der Waals surface area contributed by atoms with Crippen molar-refractivity contribution in [3.05, 3.63) is 54.0 Å². The van der Waals surface area contributed by atoms with Crippen LogP contribution in [0, 0.1) is 5.92 Å². The van der Waals surface area contributed by atoms with Gasteiger partial charge in [-0.15, -0.1) is 24.0 Å². The lowest BCUT2D eigenvalue weighted by Gasteiger charge is -2.13. The zero-order valence-corrected chi connectivity index (χ0v) is 19.4. The summed E-state index contributed by atoms with van der Waals surface area (Å²) in [5.74, 6) is 3.35. The lowest BCUT2D eigenvalue weighted by molar-refractivity contribution is 0.105. The van der Waals surface area contributed by atoms with Gasteiger partial charge in [0.2, 0.25) is 0 Å². The summed E-state index contributed by atoms with van der Waals surface area (Å²) in [6.07, 6.45) is 5.14. The minimum absolute atomic E-state index is 0. The van der Waals surface area contributed by atoms with E-state index < -0.39 is 0 Å². The fourth-order valence-corrected chi connectivity index (χ4v) is 2.72. The van der Waals surface area contributed by atoms with Crippen LogP contribution in [0.2, 0.25) is 0 Å². The monoisotopic (exact) mass is 513 g/mol. The molecule has 0 atom stereocenters. The first-order valence-electron chi connectivity index (χ1n) is 10.2. The van der Waals surface area contributed by atoms with Crippen LogP contribution in [-0.4, -0.2) is 32.3 Å². The fourth-order valence-electron chi connectivity index (χ4n) is 2.72. The number of nitrogens with zero attached hydrogens (tertiary/aromatic N) is 1. The van der Waals surface area contributed by atoms with Gasteiger partial charge in [-0.2, -0.15) is 0 Å². The largest absolute Gasteiger partial charge is 0.493 e. The lowest BCUT2D eigenvalue weighted by Crippen LogP contribution is -2.38. The molecule has 160 valence electrons. The van der Waals surface area contributed by atoms with Gasteiger partial charge in [0.15, 0.2) is 5.96 Å². The maximum atomic E-state index is 5.98. The van der Waals surface area contributed by atoms with Gasteiger partial charge in [-0.3, -0.25) is 0 Å². The molecule has 29 heavy (non-hydrogen) atoms. The van der Waals surface area contributed by atoms with Crippen molar-refractivity contribution in [3.63, 3.8) is 0 Å². The molecule has 6 nitrogen and oxygen atoms in total. The molecule has 1 aliphatic rings. The number of rotatable bonds is 12. The van der Waals surface area contributed by atoms with Crippen LogP contribution in [0.15, 0.2) is 52.1 Å². The Morgan fingerprint density at radius 2 is 2.03 bits per heavy atom. The molecule has 2 aromatic rings. The van der Waals surface area contributed by atoms with Crippen molar-refractivity contribution in [2.75, 3.05) is 26.3 Å². The minimum atomic E-state index is 0. The van der Waals surface area contributed by atoms with E-state index in [1.807, 2.05) is 30.3 Å². The molecule has 0 amide bonds. The average molecular weight is 513 g/mol. The van der Waals surface area contributed by atoms with Gasteiger partial charge >= 0.3 is 0 Å². The normalized spacial score (nSPS) is 13.6. The van der Waals surface area contributed by atoms with E-state index in [1.54, 1.807) is 6.26 Å². The molecule has 0 radical (unpaired) electrons. The van der Waals surface area contributed by atoms with E-state index >= 15 is 0 Å². The Morgan fingerprint density at radius 1 is 1.17 bits per heavy atom. The Kier molecular flexibility index (Phi) is 10.9. The summed E-state index contributed by atoms with van der Waals surface area (Å²) in [5.41, 5.74) is 1.11. The number of ether oxygens (including phenoxy) is 2. The van der Waals surface area contributed by atoms with Crippen LogP contribution < -0.4 is 15.4 Å². The number of hydrogen-bond acceptors (Lipinski definition) is 4. The first-order valence-corrected chi connectivity index (χ1v) is 10.2. The van der Waals surface area contributed by atoms with Crippen molar-refractivity contribution in [2.45, 2.75) is 39.3 Å². The molecule has 0 unspecified atom stereocenters. The van der Waals surface area contributed by atoms with Crippen LogP contribution in [0.5, 0.6) is 5.75 Å². The van der Waals surface area contributed by atoms with Crippen LogP contribution in [-0.2, 0) is 17.9 Å². The lowest BCUT2D eigenvalue weighted by atomic mass is 10.2. The molecule has 1 aromatic heterocycles. The quantitative estimate of drug-likeness (QED) is 0.191. The van der Waals surface area contributed by atoms with Crippen molar-refractivity contribution in [3.8, 4) is 5.75 Å². The molecule has 1 aliphatic carbocycles. The zero-order valence-electron chi connectivity index (χ0n) is 17.1. The van der Waals surface area contributed by atoms with Gasteiger partial charge in [0.05, 0.1) is 19.4 Å². The van der Waals surface area contributed by atoms with Gasteiger partial charge in [-0.05, 0) is 50.3 Å². The molecule has 7 heteroatoms. The summed E-state index contributed by atoms with van der Waals surface area (Å²) < 4.78 is 16.8. The number of aliphatic imine (C=N–C) groups is 1. The molecular formula is C22H32IN3O3. The number of guanidine groups is 1. The standard InChI is InChI=1S/C22H31N3O3.HI/c1-2-23-22(24-12-6-13-26-17-20-8-5-14-27-20)25-15-19-7-3-4-9-21(19)28-16-18-10-11-18;/h3-5,7-9,14,18H,2,6,10-13,15-17H2,1H3,(H2,23,24,25);1H. The highest BCUT2D eigenvalue weighted by Gasteiger charge is 2.22. The molecule has 3 rings (SSSR count). The van der Waals surface area contributed by atoms with Gasteiger partial charge in [0.25, 0.3) is 0 Å². The smallest absolute Gasteiger partial charge is 0.191 e. The molecule has 0 aliphatic heterocycles. The molecule has 1 saturated carbocycles. The summed E-state index contributed by atoms with van der Waals surface area (Å²) in [7, 11) is 0. The Hall–Kier alpha value is -1.74. The summed E-state index contributed by atoms with van der Waals surface area (Å²) in [4.78, 5) is 4.70. The maximum absolute atomic E-state index is 5.98. The Balaban J connectivity index is 0.00000300. The van der Waals surface area contributed by atoms with E-state index in [0.29, 0.717) is 19.8 Å². The van der Waals surface area contributed by atoms with Crippen molar-refractivity contribution < 1.29 is 13.9 Å². The Labute approximate surface area is 190 Å². The van der Waals surface area contributed by atoms with Crippen molar-refractivity contribution in [1.82, 2.24) is 10.6 Å². The van der Waals surface area contributed by atoms with Crippen LogP contribution in [0.25, 0.3) is 0 Å². The van der Waals surface area contributed by atoms with E-state index in [4.69, 9.17) is 18.9 Å². The molecule has 0 bridgehead atoms. The highest BCUT2D eigenvalue weighted by Crippen LogP contribution is 2.30. The van der Waals surface area contributed by atoms with Gasteiger partial charge in [-0.25, -0.2) is 4.99 Å². The second-order valence-electron chi connectivity index (χ2n) is 6.97. The molecule has 1 fully saturated rings. The molecular weight excluding hydrogens is 481 g/mol. The number of nitrogens with one attached hydrogen (secondary N) is 2. The topological polar surface area (TPSA) is 68.0 Å². The Morgan fingerprint density at radius 3 is 2.79 bits per heavy atom. The predicted octanol–water partition coefficient (Wildman–Crippen LogP) is 4.35. The number of furan rings is 1. The third-order valence-electron chi connectivity index (χ3n) is 4.48. The summed E-state index contributed by atoms with van der Waals surface area (Å²) in [5, 5.41) is 6.65. The van der Waals surface area contributed by atoms with Crippen molar-refractivity contribution >= 4 is 29.9 Å². The van der Waals surface area contributed by atoms with E-state index in [2.05, 4.69) is 23.6 Å². The number of benzene rings is 1. The number of halogens is 1. The molecule has 2 N–H and O–H groups in total. The summed E-state index contributed by atoms with van der Waals surface area (Å²) in [6, 6.07) is 11.9. The molecule has 1 aromatic carbocycles. The first kappa shape index (κ1) is 23.5. The maximum Gasteiger partial charge on any atom is 0.191 e. The van der Waals surface area contributed by atoms with E-state index in [1.165, 1.54) is 12.8 Å².